The van der Waals surface area contributed by atoms with Gasteiger partial charge in [0.1, 0.15) is 34.9 Å². The largest absolute Gasteiger partial charge is 0.508 e. The quantitative estimate of drug-likeness (QED) is 0.799. The molecule has 2 heterocycles. The van der Waals surface area contributed by atoms with Crippen molar-refractivity contribution in [2.45, 2.75) is 38.7 Å². The van der Waals surface area contributed by atoms with Crippen LogP contribution in [0.1, 0.15) is 35.1 Å². The normalized spacial score (nSPS) is 19.9. The van der Waals surface area contributed by atoms with Crippen LogP contribution >= 0.6 is 0 Å². The molecule has 0 spiro atoms. The van der Waals surface area contributed by atoms with E-state index in [1.54, 1.807) is 26.4 Å². The molecule has 0 fully saturated rings. The van der Waals surface area contributed by atoms with Crippen LogP contribution in [0, 0.1) is 6.92 Å². The highest BCUT2D eigenvalue weighted by Gasteiger charge is 2.36. The first-order valence-electron chi connectivity index (χ1n) is 9.48. The summed E-state index contributed by atoms with van der Waals surface area (Å²) in [7, 11) is 3.30. The zero-order chi connectivity index (χ0) is 20.0. The first kappa shape index (κ1) is 18.5. The van der Waals surface area contributed by atoms with E-state index < -0.39 is 0 Å². The van der Waals surface area contributed by atoms with Crippen LogP contribution < -0.4 is 18.9 Å². The van der Waals surface area contributed by atoms with Crippen molar-refractivity contribution in [2.75, 3.05) is 20.8 Å². The molecule has 2 aliphatic rings. The van der Waals surface area contributed by atoms with Crippen molar-refractivity contribution in [2.24, 2.45) is 0 Å². The molecule has 4 rings (SSSR count). The van der Waals surface area contributed by atoms with Gasteiger partial charge in [-0.25, -0.2) is 0 Å². The number of phenols is 1. The Balaban J connectivity index is 1.77. The summed E-state index contributed by atoms with van der Waals surface area (Å²) in [5.41, 5.74) is 5.20. The fourth-order valence-corrected chi connectivity index (χ4v) is 4.30. The SMILES string of the molecule is C=C(C)C1Cc2c(c(C)c(OC)c3c2OC[C@H](c2ccc(O)cc2OC)C3)O1. The average molecular weight is 382 g/mol. The number of ether oxygens (including phenoxy) is 4. The summed E-state index contributed by atoms with van der Waals surface area (Å²) in [6.45, 7) is 8.60. The Morgan fingerprint density at radius 1 is 1.14 bits per heavy atom. The van der Waals surface area contributed by atoms with Crippen LogP contribution in [0.15, 0.2) is 30.4 Å². The van der Waals surface area contributed by atoms with E-state index in [1.807, 2.05) is 19.9 Å². The van der Waals surface area contributed by atoms with Crippen molar-refractivity contribution in [3.8, 4) is 28.7 Å². The van der Waals surface area contributed by atoms with Crippen molar-refractivity contribution in [3.63, 3.8) is 0 Å². The van der Waals surface area contributed by atoms with Crippen LogP contribution in [-0.4, -0.2) is 32.0 Å². The minimum atomic E-state index is -0.0246. The standard InChI is InChI=1S/C23H26O5/c1-12(2)19-10-18-22(28-19)13(3)21(26-5)17-8-14(11-27-23(17)18)16-7-6-15(24)9-20(16)25-4/h6-7,9,14,19,24H,1,8,10-11H2,2-5H3/t14-,19?/m1/s1. The first-order chi connectivity index (χ1) is 13.4. The lowest BCUT2D eigenvalue weighted by Crippen LogP contribution is -2.21. The molecule has 2 atom stereocenters. The third-order valence-electron chi connectivity index (χ3n) is 5.72. The fraction of sp³-hybridized carbons (Fsp3) is 0.391. The van der Waals surface area contributed by atoms with Gasteiger partial charge in [0.15, 0.2) is 0 Å². The molecule has 1 N–H and O–H groups in total. The van der Waals surface area contributed by atoms with Gasteiger partial charge in [-0.1, -0.05) is 12.6 Å². The second-order valence-corrected chi connectivity index (χ2v) is 7.57. The van der Waals surface area contributed by atoms with E-state index in [9.17, 15) is 5.11 Å². The van der Waals surface area contributed by atoms with Gasteiger partial charge in [0.05, 0.1) is 20.8 Å². The van der Waals surface area contributed by atoms with Crippen molar-refractivity contribution in [3.05, 3.63) is 52.6 Å². The summed E-state index contributed by atoms with van der Waals surface area (Å²) < 4.78 is 23.7. The summed E-state index contributed by atoms with van der Waals surface area (Å²) in [5, 5.41) is 9.77. The Morgan fingerprint density at radius 3 is 2.61 bits per heavy atom. The minimum Gasteiger partial charge on any atom is -0.508 e. The molecule has 0 saturated carbocycles. The van der Waals surface area contributed by atoms with Gasteiger partial charge in [0.25, 0.3) is 0 Å². The second kappa shape index (κ2) is 6.97. The van der Waals surface area contributed by atoms with E-state index in [4.69, 9.17) is 18.9 Å². The molecule has 0 radical (unpaired) electrons. The number of benzene rings is 2. The van der Waals surface area contributed by atoms with Crippen LogP contribution in [0.2, 0.25) is 0 Å². The summed E-state index contributed by atoms with van der Waals surface area (Å²) >= 11 is 0. The molecule has 5 nitrogen and oxygen atoms in total. The van der Waals surface area contributed by atoms with E-state index in [-0.39, 0.29) is 17.8 Å². The molecule has 5 heteroatoms. The van der Waals surface area contributed by atoms with E-state index in [2.05, 4.69) is 6.58 Å². The molecule has 0 aliphatic carbocycles. The molecule has 0 bridgehead atoms. The topological polar surface area (TPSA) is 57.2 Å². The maximum Gasteiger partial charge on any atom is 0.133 e. The van der Waals surface area contributed by atoms with E-state index >= 15 is 0 Å². The molecular formula is C23H26O5. The van der Waals surface area contributed by atoms with Gasteiger partial charge in [0, 0.05) is 40.7 Å². The van der Waals surface area contributed by atoms with Crippen molar-refractivity contribution in [1.29, 1.82) is 0 Å². The van der Waals surface area contributed by atoms with Crippen LogP contribution in [0.25, 0.3) is 0 Å². The monoisotopic (exact) mass is 382 g/mol. The Kier molecular flexibility index (Phi) is 4.61. The Labute approximate surface area is 165 Å². The molecule has 0 amide bonds. The molecular weight excluding hydrogens is 356 g/mol. The third kappa shape index (κ3) is 2.86. The first-order valence-corrected chi connectivity index (χ1v) is 9.48. The van der Waals surface area contributed by atoms with Gasteiger partial charge in [-0.2, -0.15) is 0 Å². The fourth-order valence-electron chi connectivity index (χ4n) is 4.30. The molecule has 2 aromatic carbocycles. The summed E-state index contributed by atoms with van der Waals surface area (Å²) in [6, 6.07) is 5.23. The van der Waals surface area contributed by atoms with E-state index in [0.29, 0.717) is 12.4 Å². The Morgan fingerprint density at radius 2 is 1.93 bits per heavy atom. The van der Waals surface area contributed by atoms with Gasteiger partial charge < -0.3 is 24.1 Å². The lowest BCUT2D eigenvalue weighted by atomic mass is 9.86. The maximum absolute atomic E-state index is 9.77. The molecule has 148 valence electrons. The van der Waals surface area contributed by atoms with Crippen LogP contribution in [-0.2, 0) is 12.8 Å². The Hall–Kier alpha value is -2.82. The third-order valence-corrected chi connectivity index (χ3v) is 5.72. The van der Waals surface area contributed by atoms with Crippen LogP contribution in [0.4, 0.5) is 0 Å². The highest BCUT2D eigenvalue weighted by atomic mass is 16.5. The summed E-state index contributed by atoms with van der Waals surface area (Å²) in [5.74, 6) is 3.53. The van der Waals surface area contributed by atoms with Crippen LogP contribution in [0.3, 0.4) is 0 Å². The highest BCUT2D eigenvalue weighted by molar-refractivity contribution is 5.65. The highest BCUT2D eigenvalue weighted by Crippen LogP contribution is 2.51. The number of hydrogen-bond donors (Lipinski definition) is 1. The Bertz CT molecular complexity index is 947. The smallest absolute Gasteiger partial charge is 0.133 e. The van der Waals surface area contributed by atoms with Gasteiger partial charge in [-0.05, 0) is 31.9 Å². The average Bonchev–Trinajstić information content (AvgIpc) is 3.14. The molecule has 0 saturated heterocycles. The summed E-state index contributed by atoms with van der Waals surface area (Å²) in [4.78, 5) is 0. The molecule has 0 aromatic heterocycles. The summed E-state index contributed by atoms with van der Waals surface area (Å²) in [6.07, 6.45) is 1.51. The van der Waals surface area contributed by atoms with Crippen molar-refractivity contribution >= 4 is 0 Å². The number of aromatic hydroxyl groups is 1. The molecule has 2 aliphatic heterocycles. The van der Waals surface area contributed by atoms with E-state index in [0.717, 1.165) is 57.9 Å². The maximum atomic E-state index is 9.77. The number of rotatable bonds is 4. The predicted octanol–water partition coefficient (Wildman–Crippen LogP) is 4.32. The number of phenolic OH excluding ortho intramolecular Hbond substituents is 1. The van der Waals surface area contributed by atoms with Gasteiger partial charge in [0.2, 0.25) is 0 Å². The van der Waals surface area contributed by atoms with Gasteiger partial charge in [-0.3, -0.25) is 0 Å². The van der Waals surface area contributed by atoms with Gasteiger partial charge >= 0.3 is 0 Å². The zero-order valence-corrected chi connectivity index (χ0v) is 16.8. The number of fused-ring (bicyclic) bond motifs is 3. The number of methoxy groups -OCH3 is 2. The lowest BCUT2D eigenvalue weighted by Gasteiger charge is -2.30. The number of hydrogen-bond acceptors (Lipinski definition) is 5. The predicted molar refractivity (Wildman–Crippen MR) is 107 cm³/mol. The minimum absolute atomic E-state index is 0.0246. The second-order valence-electron chi connectivity index (χ2n) is 7.57. The van der Waals surface area contributed by atoms with Crippen molar-refractivity contribution < 1.29 is 24.1 Å². The van der Waals surface area contributed by atoms with E-state index in [1.165, 1.54) is 0 Å². The zero-order valence-electron chi connectivity index (χ0n) is 16.8. The molecule has 28 heavy (non-hydrogen) atoms. The van der Waals surface area contributed by atoms with Crippen molar-refractivity contribution in [1.82, 2.24) is 0 Å². The van der Waals surface area contributed by atoms with Crippen LogP contribution in [0.5, 0.6) is 28.7 Å². The lowest BCUT2D eigenvalue weighted by molar-refractivity contribution is 0.251. The molecule has 1 unspecified atom stereocenters. The molecule has 2 aromatic rings. The van der Waals surface area contributed by atoms with Gasteiger partial charge in [-0.15, -0.1) is 0 Å².